The van der Waals surface area contributed by atoms with E-state index in [9.17, 15) is 23.2 Å². The van der Waals surface area contributed by atoms with Crippen LogP contribution in [0.1, 0.15) is 199 Å². The van der Waals surface area contributed by atoms with Gasteiger partial charge in [0.05, 0.1) is 119 Å². The van der Waals surface area contributed by atoms with Crippen LogP contribution in [-0.4, -0.2) is 169 Å². The van der Waals surface area contributed by atoms with E-state index in [0.717, 1.165) is 74.1 Å². The van der Waals surface area contributed by atoms with Crippen LogP contribution in [0.15, 0.2) is 103 Å². The summed E-state index contributed by atoms with van der Waals surface area (Å²) >= 11 is 3.38. The zero-order valence-electron chi connectivity index (χ0n) is 68.1. The maximum absolute atomic E-state index is 15.6. The molecule has 2 amide bonds. The van der Waals surface area contributed by atoms with Gasteiger partial charge >= 0.3 is 12.1 Å². The minimum atomic E-state index is -1.01. The standard InChI is InChI=1S/C23H23FN6O3.C21H28FN3O4.C16H18BrFN2O2.C16H20FN3O2.C7H5N3O2/c1-13(2)33-18-15(27-21(31)14-7-26-30-6-4-5-25-19(14)30)8-29-9-16(28-20(29)17(18)24)23-10-22(3,11-23)32-12-23;1-12(2)28-16-13(23-18(26)29-19(3,4)5)7-25-8-14(24-17(25)15(16)22)21-9-20(6,10-21)27-11-21;1-9(2)22-13-10(17)4-20-5-11(19-14(20)12(13)18)16-6-15(3,7-16)21-8-16;1-9(2)22-13-10(18)4-20-5-11(19-14(20)12(13)17)16-6-15(3,7-16)21-8-16;11-7(12)5-4-9-10-3-1-2-8-6(5)10/h4-9,13H,10-12H2,1-3H3,(H,27,31);7-8,12H,9-11H2,1-6H3,(H,23,26);4-5,9H,6-8H2,1-3H3;4-5,9H,6-8,18H2,1-3H3;1-4H,(H,11,12). The van der Waals surface area contributed by atoms with Gasteiger partial charge in [0, 0.05) is 96.0 Å². The Balaban J connectivity index is 0.000000113. The number of nitrogens with two attached hydrogens (primary N) is 1. The van der Waals surface area contributed by atoms with Crippen molar-refractivity contribution < 1.29 is 79.7 Å². The summed E-state index contributed by atoms with van der Waals surface area (Å²) in [7, 11) is 0. The van der Waals surface area contributed by atoms with Crippen LogP contribution in [0, 0.1) is 23.3 Å². The predicted molar refractivity (Wildman–Crippen MR) is 428 cm³/mol. The Bertz CT molecular complexity index is 5850. The first kappa shape index (κ1) is 81.0. The largest absolute Gasteiger partial charge is 0.487 e. The number of halogens is 5. The first-order valence-corrected chi connectivity index (χ1v) is 40.0. The fraction of sp³-hybridized carbons (Fsp3) is 0.482. The van der Waals surface area contributed by atoms with E-state index in [4.69, 9.17) is 53.5 Å². The molecule has 624 valence electrons. The highest BCUT2D eigenvalue weighted by atomic mass is 79.9. The Morgan fingerprint density at radius 1 is 0.483 bits per heavy atom. The molecule has 24 rings (SSSR count). The number of ether oxygens (including phenoxy) is 9. The number of nitrogens with one attached hydrogen (secondary N) is 2. The fourth-order valence-corrected chi connectivity index (χ4v) is 18.5. The van der Waals surface area contributed by atoms with Crippen LogP contribution in [0.5, 0.6) is 23.0 Å². The lowest BCUT2D eigenvalue weighted by atomic mass is 9.62. The molecule has 35 heteroatoms. The lowest BCUT2D eigenvalue weighted by molar-refractivity contribution is 0.0151. The van der Waals surface area contributed by atoms with Crippen molar-refractivity contribution in [3.8, 4) is 23.0 Å². The topological polar surface area (TPSA) is 334 Å². The molecule has 20 heterocycles. The molecule has 0 atom stereocenters. The molecule has 12 aromatic heterocycles. The van der Waals surface area contributed by atoms with E-state index in [-0.39, 0.29) is 137 Å². The van der Waals surface area contributed by atoms with Crippen molar-refractivity contribution >= 4 is 84.8 Å². The Hall–Kier alpha value is -10.8. The monoisotopic (exact) mass is 1690 g/mol. The van der Waals surface area contributed by atoms with E-state index in [1.54, 1.807) is 122 Å². The van der Waals surface area contributed by atoms with Crippen LogP contribution >= 0.6 is 15.9 Å². The average molecular weight is 1690 g/mol. The van der Waals surface area contributed by atoms with Gasteiger partial charge in [-0.2, -0.15) is 27.8 Å². The number of aromatic nitrogens is 14. The first-order chi connectivity index (χ1) is 55.6. The SMILES string of the molecule is CC(C)Oc1c(Br)cn2cc(C34COC(C)(C3)C4)nc2c1F.CC(C)Oc1c(N)cn2cc(C34COC(C)(C3)C4)nc2c1F.CC(C)Oc1c(NC(=O)OC(C)(C)C)cn2cc(C34COC(C)(C3)C4)nc2c1F.CC(C)Oc1c(NC(=O)c2cnn3cccnc23)cn2cc(C34COC(C)(C3)C4)nc2c1F.O=C(O)c1cnn2cccnc12. The number of hydrogen-bond donors (Lipinski definition) is 4. The van der Waals surface area contributed by atoms with Crippen molar-refractivity contribution in [1.29, 1.82) is 0 Å². The van der Waals surface area contributed by atoms with Gasteiger partial charge in [0.15, 0.2) is 56.9 Å². The van der Waals surface area contributed by atoms with Crippen molar-refractivity contribution in [1.82, 2.24) is 66.7 Å². The van der Waals surface area contributed by atoms with E-state index < -0.39 is 46.8 Å². The number of nitrogen functional groups attached to an aromatic ring is 1. The van der Waals surface area contributed by atoms with Gasteiger partial charge in [-0.25, -0.2) is 48.5 Å². The molecule has 118 heavy (non-hydrogen) atoms. The van der Waals surface area contributed by atoms with Gasteiger partial charge in [0.25, 0.3) is 5.91 Å². The molecule has 4 saturated carbocycles. The number of imidazole rings is 4. The molecule has 12 aliphatic rings. The third-order valence-corrected chi connectivity index (χ3v) is 23.1. The van der Waals surface area contributed by atoms with Crippen LogP contribution in [0.4, 0.5) is 39.4 Å². The molecular formula is C83H94BrF4N17O13. The summed E-state index contributed by atoms with van der Waals surface area (Å²) in [6.07, 6.45) is 29.1. The van der Waals surface area contributed by atoms with Gasteiger partial charge in [-0.05, 0) is 183 Å². The number of carbonyl (C=O) groups excluding carboxylic acids is 2. The van der Waals surface area contributed by atoms with E-state index in [0.29, 0.717) is 47.8 Å². The molecule has 8 bridgehead atoms. The number of fused-ring (bicyclic) bond motifs is 10. The molecule has 8 saturated heterocycles. The number of carbonyl (C=O) groups is 3. The smallest absolute Gasteiger partial charge is 0.412 e. The Labute approximate surface area is 683 Å². The number of amides is 2. The maximum atomic E-state index is 15.6. The maximum Gasteiger partial charge on any atom is 0.412 e. The second-order valence-electron chi connectivity index (χ2n) is 35.6. The molecule has 0 radical (unpaired) electrons. The molecular weight excluding hydrogens is 1600 g/mol. The molecule has 0 aromatic carbocycles. The number of nitrogens with zero attached hydrogens (tertiary/aromatic N) is 14. The van der Waals surface area contributed by atoms with Crippen molar-refractivity contribution in [3.05, 3.63) is 161 Å². The third-order valence-electron chi connectivity index (χ3n) is 22.5. The lowest BCUT2D eigenvalue weighted by Gasteiger charge is -2.41. The average Bonchev–Trinajstić information content (AvgIpc) is 1.56. The number of carboxylic acids is 1. The summed E-state index contributed by atoms with van der Waals surface area (Å²) in [6, 6.07) is 3.40. The number of pyridine rings is 4. The Morgan fingerprint density at radius 3 is 1.18 bits per heavy atom. The Morgan fingerprint density at radius 2 is 0.814 bits per heavy atom. The second-order valence-corrected chi connectivity index (χ2v) is 36.4. The Kier molecular flexibility index (Phi) is 20.0. The fourth-order valence-electron chi connectivity index (χ4n) is 18.1. The summed E-state index contributed by atoms with van der Waals surface area (Å²) in [5, 5.41) is 22.0. The van der Waals surface area contributed by atoms with Crippen molar-refractivity contribution in [3.63, 3.8) is 0 Å². The zero-order valence-corrected chi connectivity index (χ0v) is 69.7. The van der Waals surface area contributed by atoms with Crippen LogP contribution in [-0.2, 0) is 45.3 Å². The highest BCUT2D eigenvalue weighted by Crippen LogP contribution is 2.62. The highest BCUT2D eigenvalue weighted by molar-refractivity contribution is 9.10. The van der Waals surface area contributed by atoms with E-state index in [2.05, 4.69) is 94.4 Å². The van der Waals surface area contributed by atoms with Gasteiger partial charge in [-0.15, -0.1) is 0 Å². The summed E-state index contributed by atoms with van der Waals surface area (Å²) in [4.78, 5) is 62.2. The second kappa shape index (κ2) is 29.1. The third kappa shape index (κ3) is 14.8. The van der Waals surface area contributed by atoms with Crippen molar-refractivity contribution in [2.24, 2.45) is 0 Å². The molecule has 4 aliphatic carbocycles. The van der Waals surface area contributed by atoms with E-state index in [1.807, 2.05) is 52.5 Å². The van der Waals surface area contributed by atoms with Crippen LogP contribution < -0.4 is 35.3 Å². The highest BCUT2D eigenvalue weighted by Gasteiger charge is 2.65. The van der Waals surface area contributed by atoms with E-state index >= 15 is 8.78 Å². The molecule has 12 aromatic rings. The minimum absolute atomic E-state index is 0.0131. The predicted octanol–water partition coefficient (Wildman–Crippen LogP) is 14.7. The summed E-state index contributed by atoms with van der Waals surface area (Å²) in [6.45, 7) is 30.8. The number of aromatic carboxylic acids is 1. The molecule has 0 unspecified atom stereocenters. The summed E-state index contributed by atoms with van der Waals surface area (Å²) in [5.74, 6) is -3.43. The minimum Gasteiger partial charge on any atom is -0.487 e. The quantitative estimate of drug-likeness (QED) is 0.0653. The van der Waals surface area contributed by atoms with Gasteiger partial charge in [0.1, 0.15) is 28.1 Å². The van der Waals surface area contributed by atoms with Crippen LogP contribution in [0.3, 0.4) is 0 Å². The normalized spacial score (nSPS) is 25.3. The number of anilines is 3. The summed E-state index contributed by atoms with van der Waals surface area (Å²) in [5.41, 5.74) is 10.7. The number of hydrogen-bond acceptors (Lipinski definition) is 21. The lowest BCUT2D eigenvalue weighted by Crippen LogP contribution is -2.45. The van der Waals surface area contributed by atoms with Crippen molar-refractivity contribution in [2.75, 3.05) is 42.8 Å². The van der Waals surface area contributed by atoms with Gasteiger partial charge < -0.3 is 76.4 Å². The molecule has 8 aliphatic heterocycles. The first-order valence-electron chi connectivity index (χ1n) is 39.2. The van der Waals surface area contributed by atoms with Gasteiger partial charge in [-0.1, -0.05) is 0 Å². The number of rotatable bonds is 16. The zero-order chi connectivity index (χ0) is 84.1. The molecule has 30 nitrogen and oxygen atoms in total. The van der Waals surface area contributed by atoms with Crippen molar-refractivity contribution in [2.45, 2.75) is 229 Å². The van der Waals surface area contributed by atoms with Crippen LogP contribution in [0.2, 0.25) is 0 Å². The summed E-state index contributed by atoms with van der Waals surface area (Å²) < 4.78 is 122. The molecule has 5 N–H and O–H groups in total. The van der Waals surface area contributed by atoms with Gasteiger partial charge in [-0.3, -0.25) is 10.1 Å². The molecule has 0 spiro atoms. The van der Waals surface area contributed by atoms with Gasteiger partial charge in [0.2, 0.25) is 23.3 Å². The number of carboxylic acid groups (broad SMARTS) is 1. The molecule has 12 fully saturated rings. The van der Waals surface area contributed by atoms with Crippen LogP contribution in [0.25, 0.3) is 33.9 Å². The van der Waals surface area contributed by atoms with E-state index in [1.165, 1.54) is 27.6 Å².